The molecule has 1 atom stereocenters. The second kappa shape index (κ2) is 11.2. The zero-order valence-corrected chi connectivity index (χ0v) is 19.4. The van der Waals surface area contributed by atoms with Crippen LogP contribution in [0.4, 0.5) is 5.69 Å². The van der Waals surface area contributed by atoms with Gasteiger partial charge in [0.25, 0.3) is 0 Å². The number of benzene rings is 3. The van der Waals surface area contributed by atoms with Crippen molar-refractivity contribution in [2.45, 2.75) is 12.2 Å². The molecule has 0 aromatic heterocycles. The maximum absolute atomic E-state index is 10.7. The van der Waals surface area contributed by atoms with Gasteiger partial charge in [-0.25, -0.2) is 0 Å². The summed E-state index contributed by atoms with van der Waals surface area (Å²) in [7, 11) is 0. The molecule has 1 N–H and O–H groups in total. The van der Waals surface area contributed by atoms with E-state index in [2.05, 4.69) is 34.1 Å². The van der Waals surface area contributed by atoms with Crippen molar-refractivity contribution in [2.24, 2.45) is 0 Å². The van der Waals surface area contributed by atoms with Gasteiger partial charge in [0.05, 0.1) is 12.7 Å². The third-order valence-electron chi connectivity index (χ3n) is 5.76. The second-order valence-corrected chi connectivity index (χ2v) is 8.97. The van der Waals surface area contributed by atoms with Gasteiger partial charge >= 0.3 is 0 Å². The van der Waals surface area contributed by atoms with Crippen molar-refractivity contribution >= 4 is 28.9 Å². The average molecular weight is 471 g/mol. The Labute approximate surface area is 199 Å². The molecule has 0 bridgehead atoms. The van der Waals surface area contributed by atoms with Gasteiger partial charge in [0.1, 0.15) is 6.10 Å². The van der Waals surface area contributed by atoms with Crippen molar-refractivity contribution in [1.82, 2.24) is 4.90 Å². The monoisotopic (exact) mass is 470 g/mol. The van der Waals surface area contributed by atoms with Gasteiger partial charge in [-0.05, 0) is 47.5 Å². The number of anilines is 1. The van der Waals surface area contributed by atoms with Crippen LogP contribution < -0.4 is 4.90 Å². The van der Waals surface area contributed by atoms with E-state index >= 15 is 0 Å². The Morgan fingerprint density at radius 3 is 1.81 bits per heavy atom. The molecule has 1 fully saturated rings. The highest BCUT2D eigenvalue weighted by Crippen LogP contribution is 2.28. The van der Waals surface area contributed by atoms with Crippen LogP contribution in [0.2, 0.25) is 10.0 Å². The Bertz CT molecular complexity index is 914. The predicted octanol–water partition coefficient (Wildman–Crippen LogP) is 5.28. The second-order valence-electron chi connectivity index (χ2n) is 8.09. The SMILES string of the molecule is O[C@@H](COC(c1ccc(Cl)cc1)c1ccc(Cl)cc1)CN1CCN(c2ccccc2)CC1. The molecule has 1 saturated heterocycles. The van der Waals surface area contributed by atoms with Crippen molar-refractivity contribution in [2.75, 3.05) is 44.2 Å². The van der Waals surface area contributed by atoms with Crippen LogP contribution >= 0.6 is 23.2 Å². The number of halogens is 2. The van der Waals surface area contributed by atoms with Crippen molar-refractivity contribution in [3.8, 4) is 0 Å². The van der Waals surface area contributed by atoms with Crippen LogP contribution in [0, 0.1) is 0 Å². The van der Waals surface area contributed by atoms with Crippen LogP contribution in [-0.2, 0) is 4.74 Å². The first-order chi connectivity index (χ1) is 15.6. The molecule has 3 aromatic rings. The van der Waals surface area contributed by atoms with Gasteiger partial charge in [-0.15, -0.1) is 0 Å². The summed E-state index contributed by atoms with van der Waals surface area (Å²) in [5, 5.41) is 12.1. The number of hydrogen-bond donors (Lipinski definition) is 1. The zero-order chi connectivity index (χ0) is 22.3. The van der Waals surface area contributed by atoms with Gasteiger partial charge < -0.3 is 14.7 Å². The lowest BCUT2D eigenvalue weighted by molar-refractivity contribution is -0.00893. The summed E-state index contributed by atoms with van der Waals surface area (Å²) >= 11 is 12.1. The van der Waals surface area contributed by atoms with Crippen LogP contribution in [0.5, 0.6) is 0 Å². The van der Waals surface area contributed by atoms with Gasteiger partial charge in [0, 0.05) is 48.5 Å². The number of ether oxygens (including phenoxy) is 1. The van der Waals surface area contributed by atoms with E-state index in [0.717, 1.165) is 37.3 Å². The van der Waals surface area contributed by atoms with E-state index < -0.39 is 6.10 Å². The van der Waals surface area contributed by atoms with Crippen molar-refractivity contribution in [1.29, 1.82) is 0 Å². The molecule has 0 radical (unpaired) electrons. The topological polar surface area (TPSA) is 35.9 Å². The zero-order valence-electron chi connectivity index (χ0n) is 17.9. The van der Waals surface area contributed by atoms with Crippen LogP contribution in [0.15, 0.2) is 78.9 Å². The van der Waals surface area contributed by atoms with Gasteiger partial charge in [0.2, 0.25) is 0 Å². The minimum Gasteiger partial charge on any atom is -0.389 e. The first-order valence-corrected chi connectivity index (χ1v) is 11.7. The van der Waals surface area contributed by atoms with Crippen LogP contribution in [-0.4, -0.2) is 55.4 Å². The Morgan fingerprint density at radius 2 is 1.28 bits per heavy atom. The molecular weight excluding hydrogens is 443 g/mol. The van der Waals surface area contributed by atoms with E-state index in [4.69, 9.17) is 27.9 Å². The Balaban J connectivity index is 1.33. The molecule has 1 aliphatic rings. The van der Waals surface area contributed by atoms with Gasteiger partial charge in [-0.3, -0.25) is 4.90 Å². The quantitative estimate of drug-likeness (QED) is 0.485. The van der Waals surface area contributed by atoms with E-state index in [9.17, 15) is 5.11 Å². The summed E-state index contributed by atoms with van der Waals surface area (Å²) in [6.45, 7) is 4.59. The lowest BCUT2D eigenvalue weighted by atomic mass is 10.0. The van der Waals surface area contributed by atoms with E-state index in [1.807, 2.05) is 54.6 Å². The predicted molar refractivity (Wildman–Crippen MR) is 132 cm³/mol. The molecule has 0 unspecified atom stereocenters. The number of aliphatic hydroxyl groups excluding tert-OH is 1. The van der Waals surface area contributed by atoms with E-state index in [0.29, 0.717) is 16.6 Å². The molecule has 6 heteroatoms. The highest BCUT2D eigenvalue weighted by molar-refractivity contribution is 6.30. The van der Waals surface area contributed by atoms with Gasteiger partial charge in [-0.1, -0.05) is 65.7 Å². The van der Waals surface area contributed by atoms with Crippen LogP contribution in [0.3, 0.4) is 0 Å². The summed E-state index contributed by atoms with van der Waals surface area (Å²) in [5.41, 5.74) is 3.23. The van der Waals surface area contributed by atoms with Crippen molar-refractivity contribution in [3.05, 3.63) is 100 Å². The lowest BCUT2D eigenvalue weighted by Crippen LogP contribution is -2.49. The highest BCUT2D eigenvalue weighted by Gasteiger charge is 2.21. The molecule has 1 aliphatic heterocycles. The van der Waals surface area contributed by atoms with Gasteiger partial charge in [-0.2, -0.15) is 0 Å². The van der Waals surface area contributed by atoms with Crippen LogP contribution in [0.1, 0.15) is 17.2 Å². The fourth-order valence-electron chi connectivity index (χ4n) is 4.05. The van der Waals surface area contributed by atoms with Crippen molar-refractivity contribution < 1.29 is 9.84 Å². The van der Waals surface area contributed by atoms with E-state index in [1.165, 1.54) is 5.69 Å². The first kappa shape index (κ1) is 23.1. The minimum absolute atomic E-state index is 0.245. The molecule has 4 rings (SSSR count). The molecule has 0 aliphatic carbocycles. The summed E-state index contributed by atoms with van der Waals surface area (Å²) < 4.78 is 6.21. The molecule has 168 valence electrons. The van der Waals surface area contributed by atoms with Crippen molar-refractivity contribution in [3.63, 3.8) is 0 Å². The average Bonchev–Trinajstić information content (AvgIpc) is 2.82. The third-order valence-corrected chi connectivity index (χ3v) is 6.27. The fourth-order valence-corrected chi connectivity index (χ4v) is 4.30. The first-order valence-electron chi connectivity index (χ1n) is 10.9. The summed E-state index contributed by atoms with van der Waals surface area (Å²) in [6.07, 6.45) is -0.866. The number of β-amino-alcohol motifs (C(OH)–C–C–N with tert-alkyl or cyclic N) is 1. The maximum atomic E-state index is 10.7. The third kappa shape index (κ3) is 6.25. The number of aliphatic hydroxyl groups is 1. The lowest BCUT2D eigenvalue weighted by Gasteiger charge is -2.37. The summed E-state index contributed by atoms with van der Waals surface area (Å²) in [5.74, 6) is 0. The van der Waals surface area contributed by atoms with Gasteiger partial charge in [0.15, 0.2) is 0 Å². The Morgan fingerprint density at radius 1 is 0.750 bits per heavy atom. The smallest absolute Gasteiger partial charge is 0.108 e. The number of para-hydroxylation sites is 1. The molecule has 0 amide bonds. The maximum Gasteiger partial charge on any atom is 0.108 e. The van der Waals surface area contributed by atoms with E-state index in [1.54, 1.807) is 0 Å². The Hall–Kier alpha value is -2.08. The standard InChI is InChI=1S/C26H28Cl2N2O2/c27-22-10-6-20(7-11-22)26(21-8-12-23(28)13-9-21)32-19-25(31)18-29-14-16-30(17-15-29)24-4-2-1-3-5-24/h1-13,25-26,31H,14-19H2/t25-/m1/s1. The van der Waals surface area contributed by atoms with E-state index in [-0.39, 0.29) is 12.7 Å². The Kier molecular flexibility index (Phi) is 8.06. The minimum atomic E-state index is -0.569. The number of piperazine rings is 1. The highest BCUT2D eigenvalue weighted by atomic mass is 35.5. The fraction of sp³-hybridized carbons (Fsp3) is 0.308. The summed E-state index contributed by atoms with van der Waals surface area (Å²) in [6, 6.07) is 25.7. The molecular formula is C26H28Cl2N2O2. The number of hydrogen-bond acceptors (Lipinski definition) is 4. The normalized spacial score (nSPS) is 15.8. The number of nitrogens with zero attached hydrogens (tertiary/aromatic N) is 2. The number of rotatable bonds is 8. The molecule has 0 saturated carbocycles. The largest absolute Gasteiger partial charge is 0.389 e. The van der Waals surface area contributed by atoms with Crippen LogP contribution in [0.25, 0.3) is 0 Å². The summed E-state index contributed by atoms with van der Waals surface area (Å²) in [4.78, 5) is 4.68. The molecule has 32 heavy (non-hydrogen) atoms. The molecule has 0 spiro atoms. The molecule has 1 heterocycles. The molecule has 4 nitrogen and oxygen atoms in total. The molecule has 3 aromatic carbocycles.